The molecule has 0 bridgehead atoms. The molecule has 6 nitrogen and oxygen atoms in total. The second-order valence-electron chi connectivity index (χ2n) is 6.62. The van der Waals surface area contributed by atoms with Crippen molar-refractivity contribution < 1.29 is 9.32 Å². The van der Waals surface area contributed by atoms with E-state index < -0.39 is 5.76 Å². The first kappa shape index (κ1) is 28.9. The van der Waals surface area contributed by atoms with Crippen molar-refractivity contribution >= 4 is 39.3 Å². The Hall–Kier alpha value is -3.10. The third-order valence-corrected chi connectivity index (χ3v) is 5.55. The van der Waals surface area contributed by atoms with Gasteiger partial charge in [0.25, 0.3) is 5.91 Å². The topological polar surface area (TPSA) is 88.0 Å². The smallest absolute Gasteiger partial charge is 0.321 e. The van der Waals surface area contributed by atoms with Crippen molar-refractivity contribution in [1.82, 2.24) is 10.1 Å². The van der Waals surface area contributed by atoms with Crippen LogP contribution in [0.3, 0.4) is 0 Å². The van der Waals surface area contributed by atoms with E-state index in [1.54, 1.807) is 42.1 Å². The SMILES string of the molecule is C=C(C)CSc1cccc(C(=O)Nc2ccc(Br)cc2-c2noc(=O)[nH]2)c1.C=C/C=C\C.CC. The molecule has 3 aromatic rings. The van der Waals surface area contributed by atoms with Gasteiger partial charge in [-0.1, -0.05) is 78.0 Å². The van der Waals surface area contributed by atoms with Crippen LogP contribution in [0, 0.1) is 0 Å². The van der Waals surface area contributed by atoms with Crippen LogP contribution >= 0.6 is 27.7 Å². The number of allylic oxidation sites excluding steroid dienone is 3. The van der Waals surface area contributed by atoms with E-state index in [-0.39, 0.29) is 11.7 Å². The van der Waals surface area contributed by atoms with Crippen molar-refractivity contribution in [3.8, 4) is 11.4 Å². The maximum Gasteiger partial charge on any atom is 0.439 e. The number of anilines is 1. The zero-order valence-corrected chi connectivity index (χ0v) is 22.3. The summed E-state index contributed by atoms with van der Waals surface area (Å²) in [5, 5.41) is 6.56. The quantitative estimate of drug-likeness (QED) is 0.183. The van der Waals surface area contributed by atoms with Gasteiger partial charge in [-0.3, -0.25) is 14.3 Å². The number of benzene rings is 2. The molecule has 0 unspecified atom stereocenters. The molecule has 1 heterocycles. The molecule has 2 aromatic carbocycles. The van der Waals surface area contributed by atoms with Crippen LogP contribution < -0.4 is 11.1 Å². The van der Waals surface area contributed by atoms with Gasteiger partial charge in [-0.15, -0.1) is 11.8 Å². The minimum Gasteiger partial charge on any atom is -0.321 e. The molecule has 0 radical (unpaired) electrons. The summed E-state index contributed by atoms with van der Waals surface area (Å²) in [5.41, 5.74) is 2.64. The van der Waals surface area contributed by atoms with Crippen molar-refractivity contribution in [3.63, 3.8) is 0 Å². The van der Waals surface area contributed by atoms with E-state index in [0.717, 1.165) is 20.7 Å². The third-order valence-electron chi connectivity index (χ3n) is 3.84. The molecule has 0 aliphatic heterocycles. The van der Waals surface area contributed by atoms with Gasteiger partial charge in [0.1, 0.15) is 0 Å². The minimum absolute atomic E-state index is 0.238. The zero-order chi connectivity index (χ0) is 25.5. The van der Waals surface area contributed by atoms with Gasteiger partial charge in [-0.2, -0.15) is 0 Å². The molecule has 0 aliphatic carbocycles. The number of halogens is 1. The Bertz CT molecular complexity index is 1180. The van der Waals surface area contributed by atoms with Crippen molar-refractivity contribution in [2.75, 3.05) is 11.1 Å². The maximum absolute atomic E-state index is 12.7. The molecular weight excluding hydrogens is 514 g/mol. The summed E-state index contributed by atoms with van der Waals surface area (Å²) in [6.07, 6.45) is 5.58. The van der Waals surface area contributed by atoms with E-state index in [2.05, 4.69) is 49.1 Å². The lowest BCUT2D eigenvalue weighted by Crippen LogP contribution is -2.13. The number of rotatable bonds is 7. The first-order valence-electron chi connectivity index (χ1n) is 10.6. The summed E-state index contributed by atoms with van der Waals surface area (Å²) in [5.74, 6) is 0.107. The van der Waals surface area contributed by atoms with Crippen LogP contribution in [0.2, 0.25) is 0 Å². The zero-order valence-electron chi connectivity index (χ0n) is 19.9. The lowest BCUT2D eigenvalue weighted by molar-refractivity contribution is 0.102. The van der Waals surface area contributed by atoms with Gasteiger partial charge in [0.2, 0.25) is 0 Å². The Labute approximate surface area is 213 Å². The van der Waals surface area contributed by atoms with Crippen LogP contribution in [0.15, 0.2) is 98.1 Å². The molecule has 8 heteroatoms. The van der Waals surface area contributed by atoms with Gasteiger partial charge >= 0.3 is 5.76 Å². The normalized spacial score (nSPS) is 9.91. The molecular formula is C26H30BrN3O3S. The molecule has 180 valence electrons. The van der Waals surface area contributed by atoms with Crippen LogP contribution in [0.4, 0.5) is 5.69 Å². The second kappa shape index (κ2) is 15.7. The highest BCUT2D eigenvalue weighted by Gasteiger charge is 2.14. The standard InChI is InChI=1S/C19H16BrN3O3S.C5H8.C2H6/c1-11(2)10-27-14-5-3-4-12(8-14)18(24)21-16-7-6-13(20)9-15(16)17-22-19(25)26-23-17;1-3-5-4-2;1-2/h3-9H,1,10H2,2H3,(H,21,24)(H,22,23,25);3-5H,1H2,2H3;1-2H3/b;5-4-;. The predicted octanol–water partition coefficient (Wildman–Crippen LogP) is 7.49. The predicted molar refractivity (Wildman–Crippen MR) is 147 cm³/mol. The summed E-state index contributed by atoms with van der Waals surface area (Å²) < 4.78 is 5.34. The number of thioether (sulfide) groups is 1. The number of amides is 1. The van der Waals surface area contributed by atoms with E-state index in [1.165, 1.54) is 0 Å². The number of carbonyl (C=O) groups is 1. The Balaban J connectivity index is 0.000000733. The highest BCUT2D eigenvalue weighted by atomic mass is 79.9. The summed E-state index contributed by atoms with van der Waals surface area (Å²) in [6, 6.07) is 12.6. The number of aromatic nitrogens is 2. The Morgan fingerprint density at radius 2 is 2.00 bits per heavy atom. The highest BCUT2D eigenvalue weighted by molar-refractivity contribution is 9.10. The fourth-order valence-electron chi connectivity index (χ4n) is 2.43. The van der Waals surface area contributed by atoms with Crippen molar-refractivity contribution in [1.29, 1.82) is 0 Å². The molecule has 0 atom stereocenters. The average Bonchev–Trinajstić information content (AvgIpc) is 3.27. The van der Waals surface area contributed by atoms with Gasteiger partial charge < -0.3 is 5.32 Å². The van der Waals surface area contributed by atoms with Crippen LogP contribution in [0.5, 0.6) is 0 Å². The second-order valence-corrected chi connectivity index (χ2v) is 8.59. The number of carbonyl (C=O) groups excluding carboxylic acids is 1. The number of hydrogen-bond acceptors (Lipinski definition) is 5. The largest absolute Gasteiger partial charge is 0.439 e. The van der Waals surface area contributed by atoms with Crippen molar-refractivity contribution in [2.24, 2.45) is 0 Å². The molecule has 0 aliphatic rings. The molecule has 1 aromatic heterocycles. The van der Waals surface area contributed by atoms with Gasteiger partial charge in [-0.05, 0) is 50.2 Å². The first-order chi connectivity index (χ1) is 16.3. The van der Waals surface area contributed by atoms with Gasteiger partial charge in [0, 0.05) is 26.2 Å². The third kappa shape index (κ3) is 9.80. The van der Waals surface area contributed by atoms with E-state index in [9.17, 15) is 9.59 Å². The molecule has 34 heavy (non-hydrogen) atoms. The number of hydrogen-bond donors (Lipinski definition) is 2. The molecule has 0 saturated heterocycles. The molecule has 3 rings (SSSR count). The van der Waals surface area contributed by atoms with Crippen LogP contribution in [0.1, 0.15) is 38.1 Å². The van der Waals surface area contributed by atoms with Gasteiger partial charge in [0.05, 0.1) is 5.69 Å². The average molecular weight is 545 g/mol. The summed E-state index contributed by atoms with van der Waals surface area (Å²) in [7, 11) is 0. The van der Waals surface area contributed by atoms with Crippen LogP contribution in [-0.4, -0.2) is 21.8 Å². The summed E-state index contributed by atoms with van der Waals surface area (Å²) in [4.78, 5) is 27.5. The fourth-order valence-corrected chi connectivity index (χ4v) is 3.59. The van der Waals surface area contributed by atoms with Gasteiger partial charge in [-0.25, -0.2) is 4.79 Å². The van der Waals surface area contributed by atoms with E-state index >= 15 is 0 Å². The molecule has 0 fully saturated rings. The summed E-state index contributed by atoms with van der Waals surface area (Å²) in [6.45, 7) is 15.3. The lowest BCUT2D eigenvalue weighted by Gasteiger charge is -2.10. The van der Waals surface area contributed by atoms with Crippen LogP contribution in [0.25, 0.3) is 11.4 Å². The minimum atomic E-state index is -0.663. The van der Waals surface area contributed by atoms with E-state index in [1.807, 2.05) is 58.0 Å². The Morgan fingerprint density at radius 1 is 1.26 bits per heavy atom. The first-order valence-corrected chi connectivity index (χ1v) is 12.4. The monoisotopic (exact) mass is 543 g/mol. The summed E-state index contributed by atoms with van der Waals surface area (Å²) >= 11 is 5.00. The lowest BCUT2D eigenvalue weighted by atomic mass is 10.1. The fraction of sp³-hybridized carbons (Fsp3) is 0.192. The highest BCUT2D eigenvalue weighted by Crippen LogP contribution is 2.29. The van der Waals surface area contributed by atoms with E-state index in [0.29, 0.717) is 16.8 Å². The Kier molecular flexibility index (Phi) is 13.3. The van der Waals surface area contributed by atoms with Crippen LogP contribution in [-0.2, 0) is 0 Å². The maximum atomic E-state index is 12.7. The molecule has 2 N–H and O–H groups in total. The number of aromatic amines is 1. The molecule has 1 amide bonds. The van der Waals surface area contributed by atoms with E-state index in [4.69, 9.17) is 0 Å². The number of H-pyrrole nitrogens is 1. The molecule has 0 saturated carbocycles. The van der Waals surface area contributed by atoms with Gasteiger partial charge in [0.15, 0.2) is 5.82 Å². The molecule has 0 spiro atoms. The number of nitrogens with one attached hydrogen (secondary N) is 2. The number of nitrogens with zero attached hydrogens (tertiary/aromatic N) is 1. The van der Waals surface area contributed by atoms with Crippen molar-refractivity contribution in [2.45, 2.75) is 32.6 Å². The van der Waals surface area contributed by atoms with Crippen molar-refractivity contribution in [3.05, 3.63) is 100 Å². The Morgan fingerprint density at radius 3 is 2.56 bits per heavy atom.